The molecular formula is C26H43NO8SSi. The Bertz CT molecular complexity index is 1050. The molecule has 2 saturated heterocycles. The van der Waals surface area contributed by atoms with Crippen LogP contribution >= 0.6 is 0 Å². The van der Waals surface area contributed by atoms with Crippen LogP contribution in [0.4, 0.5) is 0 Å². The van der Waals surface area contributed by atoms with Crippen LogP contribution in [0, 0.1) is 6.92 Å². The maximum atomic E-state index is 13.6. The maximum Gasteiger partial charge on any atom is 0.324 e. The van der Waals surface area contributed by atoms with Gasteiger partial charge < -0.3 is 23.4 Å². The number of ether oxygens (including phenoxy) is 4. The highest BCUT2D eigenvalue weighted by Crippen LogP contribution is 2.38. The first-order valence-corrected chi connectivity index (χ1v) is 17.3. The van der Waals surface area contributed by atoms with E-state index < -0.39 is 36.1 Å². The van der Waals surface area contributed by atoms with E-state index in [-0.39, 0.29) is 28.8 Å². The van der Waals surface area contributed by atoms with Gasteiger partial charge in [-0.15, -0.1) is 0 Å². The molecule has 0 radical (unpaired) electrons. The first-order chi connectivity index (χ1) is 17.2. The predicted molar refractivity (Wildman–Crippen MR) is 143 cm³/mol. The van der Waals surface area contributed by atoms with Crippen LogP contribution in [0.1, 0.15) is 52.0 Å². The molecule has 210 valence electrons. The lowest BCUT2D eigenvalue weighted by atomic mass is 10.1. The standard InChI is InChI=1S/C26H43NO8SSi/c1-20-10-11-23(36(29,30)27-14-8-9-21(27)24(28)31-5)22(19-20)32-15-12-26(33-17-18-34-26)13-16-35-37(6,7)25(2,3)4/h10-11,19,21H,8-9,12-18H2,1-7H3/t21-/m0/s1. The Morgan fingerprint density at radius 3 is 2.43 bits per heavy atom. The Hall–Kier alpha value is -1.50. The zero-order chi connectivity index (χ0) is 27.5. The van der Waals surface area contributed by atoms with E-state index in [0.29, 0.717) is 45.5 Å². The number of carbonyl (C=O) groups excluding carboxylic acids is 1. The molecule has 3 rings (SSSR count). The van der Waals surface area contributed by atoms with Crippen molar-refractivity contribution in [3.8, 4) is 5.75 Å². The molecule has 0 spiro atoms. The van der Waals surface area contributed by atoms with Crippen molar-refractivity contribution in [3.05, 3.63) is 23.8 Å². The summed E-state index contributed by atoms with van der Waals surface area (Å²) in [6.45, 7) is 14.9. The summed E-state index contributed by atoms with van der Waals surface area (Å²) in [7, 11) is -4.60. The molecule has 9 nitrogen and oxygen atoms in total. The maximum absolute atomic E-state index is 13.6. The Labute approximate surface area is 222 Å². The molecule has 0 aromatic heterocycles. The van der Waals surface area contributed by atoms with Gasteiger partial charge in [0.1, 0.15) is 16.7 Å². The highest BCUT2D eigenvalue weighted by atomic mass is 32.2. The molecule has 2 heterocycles. The summed E-state index contributed by atoms with van der Waals surface area (Å²) in [5, 5.41) is 0.107. The Morgan fingerprint density at radius 1 is 1.16 bits per heavy atom. The molecule has 1 aromatic carbocycles. The van der Waals surface area contributed by atoms with Gasteiger partial charge in [0.15, 0.2) is 14.1 Å². The van der Waals surface area contributed by atoms with Gasteiger partial charge in [0.05, 0.1) is 26.9 Å². The number of hydrogen-bond donors (Lipinski definition) is 0. The van der Waals surface area contributed by atoms with Gasteiger partial charge in [-0.3, -0.25) is 4.79 Å². The zero-order valence-corrected chi connectivity index (χ0v) is 25.1. The Morgan fingerprint density at radius 2 is 1.81 bits per heavy atom. The molecule has 2 fully saturated rings. The average Bonchev–Trinajstić information content (AvgIpc) is 3.48. The molecule has 0 bridgehead atoms. The monoisotopic (exact) mass is 557 g/mol. The number of rotatable bonds is 11. The lowest BCUT2D eigenvalue weighted by Gasteiger charge is -2.37. The SMILES string of the molecule is COC(=O)[C@@H]1CCCN1S(=O)(=O)c1ccc(C)cc1OCCC1(CCO[Si](C)(C)C(C)(C)C)OCCO1. The third kappa shape index (κ3) is 6.93. The number of nitrogens with zero attached hydrogens (tertiary/aromatic N) is 1. The number of esters is 1. The van der Waals surface area contributed by atoms with Crippen molar-refractivity contribution in [1.29, 1.82) is 0 Å². The van der Waals surface area contributed by atoms with E-state index in [1.54, 1.807) is 12.1 Å². The largest absolute Gasteiger partial charge is 0.492 e. The van der Waals surface area contributed by atoms with Crippen molar-refractivity contribution in [2.45, 2.75) is 88.2 Å². The van der Waals surface area contributed by atoms with Gasteiger partial charge in [0.2, 0.25) is 10.0 Å². The van der Waals surface area contributed by atoms with E-state index in [9.17, 15) is 13.2 Å². The van der Waals surface area contributed by atoms with Gasteiger partial charge in [0, 0.05) is 26.0 Å². The summed E-state index contributed by atoms with van der Waals surface area (Å²) < 4.78 is 57.6. The van der Waals surface area contributed by atoms with Crippen molar-refractivity contribution in [3.63, 3.8) is 0 Å². The summed E-state index contributed by atoms with van der Waals surface area (Å²) >= 11 is 0. The van der Waals surface area contributed by atoms with Crippen molar-refractivity contribution < 1.29 is 36.6 Å². The van der Waals surface area contributed by atoms with E-state index >= 15 is 0 Å². The lowest BCUT2D eigenvalue weighted by Crippen LogP contribution is -2.43. The van der Waals surface area contributed by atoms with Crippen LogP contribution in [0.5, 0.6) is 5.75 Å². The van der Waals surface area contributed by atoms with Gasteiger partial charge in [-0.1, -0.05) is 26.8 Å². The summed E-state index contributed by atoms with van der Waals surface area (Å²) in [6, 6.07) is 4.15. The molecule has 0 unspecified atom stereocenters. The van der Waals surface area contributed by atoms with Crippen LogP contribution < -0.4 is 4.74 Å². The minimum absolute atomic E-state index is 0.0393. The normalized spacial score (nSPS) is 20.8. The van der Waals surface area contributed by atoms with Crippen molar-refractivity contribution >= 4 is 24.3 Å². The summed E-state index contributed by atoms with van der Waals surface area (Å²) in [4.78, 5) is 12.2. The molecular weight excluding hydrogens is 514 g/mol. The number of sulfonamides is 1. The molecule has 1 aromatic rings. The minimum Gasteiger partial charge on any atom is -0.492 e. The van der Waals surface area contributed by atoms with Crippen LogP contribution in [-0.4, -0.2) is 78.9 Å². The second kappa shape index (κ2) is 11.7. The molecule has 0 N–H and O–H groups in total. The number of methoxy groups -OCH3 is 1. The smallest absolute Gasteiger partial charge is 0.324 e. The average molecular weight is 558 g/mol. The topological polar surface area (TPSA) is 101 Å². The fraction of sp³-hybridized carbons (Fsp3) is 0.731. The van der Waals surface area contributed by atoms with Gasteiger partial charge >= 0.3 is 5.97 Å². The van der Waals surface area contributed by atoms with E-state index in [4.69, 9.17) is 23.4 Å². The molecule has 2 aliphatic heterocycles. The number of carbonyl (C=O) groups is 1. The summed E-state index contributed by atoms with van der Waals surface area (Å²) in [6.07, 6.45) is 2.02. The number of aryl methyl sites for hydroxylation is 1. The fourth-order valence-corrected chi connectivity index (χ4v) is 7.18. The van der Waals surface area contributed by atoms with Crippen molar-refractivity contribution in [1.82, 2.24) is 4.31 Å². The second-order valence-corrected chi connectivity index (χ2v) is 18.0. The first-order valence-electron chi connectivity index (χ1n) is 13.0. The molecule has 0 aliphatic carbocycles. The van der Waals surface area contributed by atoms with Crippen LogP contribution in [0.2, 0.25) is 18.1 Å². The van der Waals surface area contributed by atoms with Gasteiger partial charge in [0.25, 0.3) is 0 Å². The predicted octanol–water partition coefficient (Wildman–Crippen LogP) is 4.25. The first kappa shape index (κ1) is 30.0. The fourth-order valence-electron chi connectivity index (χ4n) is 4.37. The van der Waals surface area contributed by atoms with Crippen LogP contribution in [0.25, 0.3) is 0 Å². The van der Waals surface area contributed by atoms with E-state index in [2.05, 4.69) is 33.9 Å². The molecule has 2 aliphatic rings. The van der Waals surface area contributed by atoms with E-state index in [1.807, 2.05) is 6.92 Å². The summed E-state index contributed by atoms with van der Waals surface area (Å²) in [5.41, 5.74) is 0.866. The highest BCUT2D eigenvalue weighted by molar-refractivity contribution is 7.89. The third-order valence-corrected chi connectivity index (χ3v) is 14.2. The van der Waals surface area contributed by atoms with Crippen LogP contribution in [0.15, 0.2) is 23.1 Å². The summed E-state index contributed by atoms with van der Waals surface area (Å²) in [5.74, 6) is -1.12. The van der Waals surface area contributed by atoms with Crippen molar-refractivity contribution in [2.75, 3.05) is 40.1 Å². The Balaban J connectivity index is 1.71. The molecule has 0 amide bonds. The Kier molecular flexibility index (Phi) is 9.51. The van der Waals surface area contributed by atoms with Crippen LogP contribution in [0.3, 0.4) is 0 Å². The van der Waals surface area contributed by atoms with Crippen molar-refractivity contribution in [2.24, 2.45) is 0 Å². The molecule has 37 heavy (non-hydrogen) atoms. The molecule has 11 heteroatoms. The quantitative estimate of drug-likeness (QED) is 0.294. The van der Waals surface area contributed by atoms with Gasteiger partial charge in [-0.2, -0.15) is 4.31 Å². The highest BCUT2D eigenvalue weighted by Gasteiger charge is 2.42. The number of benzene rings is 1. The van der Waals surface area contributed by atoms with Gasteiger partial charge in [-0.05, 0) is 55.6 Å². The minimum atomic E-state index is -3.97. The van der Waals surface area contributed by atoms with E-state index in [0.717, 1.165) is 5.56 Å². The third-order valence-electron chi connectivity index (χ3n) is 7.67. The lowest BCUT2D eigenvalue weighted by molar-refractivity contribution is -0.174. The van der Waals surface area contributed by atoms with Crippen LogP contribution in [-0.2, 0) is 33.5 Å². The number of hydrogen-bond acceptors (Lipinski definition) is 8. The molecule has 0 saturated carbocycles. The molecule has 1 atom stereocenters. The zero-order valence-electron chi connectivity index (χ0n) is 23.3. The van der Waals surface area contributed by atoms with Gasteiger partial charge in [-0.25, -0.2) is 8.42 Å². The second-order valence-electron chi connectivity index (χ2n) is 11.3. The van der Waals surface area contributed by atoms with E-state index in [1.165, 1.54) is 17.5 Å².